The number of carbonyl (C=O) groups is 1. The van der Waals surface area contributed by atoms with Gasteiger partial charge in [0, 0.05) is 13.0 Å². The number of amides is 1. The molecule has 1 N–H and O–H groups in total. The average molecular weight is 284 g/mol. The molecule has 0 aliphatic rings. The highest BCUT2D eigenvalue weighted by atomic mass is 16.1. The Morgan fingerprint density at radius 3 is 1.65 bits per heavy atom. The van der Waals surface area contributed by atoms with E-state index in [1.165, 1.54) is 70.6 Å². The molecule has 0 aliphatic carbocycles. The van der Waals surface area contributed by atoms with Crippen LogP contribution in [0.25, 0.3) is 0 Å². The Labute approximate surface area is 127 Å². The smallest absolute Gasteiger partial charge is 0.219 e. The standard InChI is InChI=1S/C18H37NO/c1-3-5-7-9-11-13-15-17-19-18(20)16-14-12-10-8-6-4-2/h3-17H2,1-2H3,(H,19,20). The van der Waals surface area contributed by atoms with Gasteiger partial charge in [0.1, 0.15) is 0 Å². The summed E-state index contributed by atoms with van der Waals surface area (Å²) in [5.41, 5.74) is 0. The third-order valence-corrected chi connectivity index (χ3v) is 3.86. The molecule has 1 amide bonds. The van der Waals surface area contributed by atoms with Gasteiger partial charge in [-0.3, -0.25) is 4.79 Å². The van der Waals surface area contributed by atoms with Gasteiger partial charge in [-0.1, -0.05) is 84.5 Å². The van der Waals surface area contributed by atoms with Crippen molar-refractivity contribution in [3.8, 4) is 0 Å². The Morgan fingerprint density at radius 1 is 0.650 bits per heavy atom. The fraction of sp³-hybridized carbons (Fsp3) is 0.944. The van der Waals surface area contributed by atoms with E-state index in [1.54, 1.807) is 0 Å². The number of carbonyl (C=O) groups excluding carboxylic acids is 1. The number of unbranched alkanes of at least 4 members (excludes halogenated alkanes) is 11. The largest absolute Gasteiger partial charge is 0.356 e. The SMILES string of the molecule is CCCCCCCCCNC(=O)CCCCCCCC. The molecule has 0 aromatic carbocycles. The van der Waals surface area contributed by atoms with Gasteiger partial charge in [-0.15, -0.1) is 0 Å². The Morgan fingerprint density at radius 2 is 1.10 bits per heavy atom. The van der Waals surface area contributed by atoms with E-state index in [9.17, 15) is 4.79 Å². The molecule has 0 aliphatic heterocycles. The average Bonchev–Trinajstić information content (AvgIpc) is 2.45. The lowest BCUT2D eigenvalue weighted by molar-refractivity contribution is -0.121. The highest BCUT2D eigenvalue weighted by Gasteiger charge is 2.00. The summed E-state index contributed by atoms with van der Waals surface area (Å²) in [4.78, 5) is 11.6. The van der Waals surface area contributed by atoms with Gasteiger partial charge in [0.25, 0.3) is 0 Å². The van der Waals surface area contributed by atoms with Gasteiger partial charge in [-0.2, -0.15) is 0 Å². The van der Waals surface area contributed by atoms with Gasteiger partial charge in [-0.25, -0.2) is 0 Å². The Kier molecular flexibility index (Phi) is 16.1. The number of hydrogen-bond donors (Lipinski definition) is 1. The Balaban J connectivity index is 3.12. The molecule has 0 rings (SSSR count). The van der Waals surface area contributed by atoms with E-state index in [0.717, 1.165) is 25.8 Å². The Hall–Kier alpha value is -0.530. The summed E-state index contributed by atoms with van der Waals surface area (Å²) in [6, 6.07) is 0. The van der Waals surface area contributed by atoms with Gasteiger partial charge in [0.05, 0.1) is 0 Å². The van der Waals surface area contributed by atoms with Gasteiger partial charge in [0.15, 0.2) is 0 Å². The van der Waals surface area contributed by atoms with Crippen LogP contribution >= 0.6 is 0 Å². The second-order valence-corrected chi connectivity index (χ2v) is 5.99. The molecule has 0 radical (unpaired) electrons. The van der Waals surface area contributed by atoms with Crippen molar-refractivity contribution in [2.75, 3.05) is 6.54 Å². The predicted octanol–water partition coefficient (Wildman–Crippen LogP) is 5.60. The third kappa shape index (κ3) is 15.5. The molecule has 0 unspecified atom stereocenters. The van der Waals surface area contributed by atoms with Crippen molar-refractivity contribution in [3.05, 3.63) is 0 Å². The summed E-state index contributed by atoms with van der Waals surface area (Å²) in [6.45, 7) is 5.36. The molecule has 120 valence electrons. The first-order valence-electron chi connectivity index (χ1n) is 9.08. The first kappa shape index (κ1) is 19.5. The monoisotopic (exact) mass is 283 g/mol. The minimum absolute atomic E-state index is 0.256. The first-order chi connectivity index (χ1) is 9.81. The molecule has 2 nitrogen and oxygen atoms in total. The van der Waals surface area contributed by atoms with Gasteiger partial charge >= 0.3 is 0 Å². The highest BCUT2D eigenvalue weighted by molar-refractivity contribution is 5.75. The maximum atomic E-state index is 11.6. The molecule has 0 bridgehead atoms. The van der Waals surface area contributed by atoms with Crippen LogP contribution in [-0.2, 0) is 4.79 Å². The van der Waals surface area contributed by atoms with Crippen LogP contribution < -0.4 is 5.32 Å². The zero-order valence-corrected chi connectivity index (χ0v) is 14.0. The zero-order chi connectivity index (χ0) is 14.9. The van der Waals surface area contributed by atoms with Crippen LogP contribution in [0.5, 0.6) is 0 Å². The van der Waals surface area contributed by atoms with Gasteiger partial charge in [0.2, 0.25) is 5.91 Å². The lowest BCUT2D eigenvalue weighted by Crippen LogP contribution is -2.23. The van der Waals surface area contributed by atoms with Crippen molar-refractivity contribution in [2.24, 2.45) is 0 Å². The van der Waals surface area contributed by atoms with Crippen LogP contribution in [0.2, 0.25) is 0 Å². The molecular weight excluding hydrogens is 246 g/mol. The Bertz CT molecular complexity index is 204. The summed E-state index contributed by atoms with van der Waals surface area (Å²) in [7, 11) is 0. The van der Waals surface area contributed by atoms with Crippen LogP contribution in [0.4, 0.5) is 0 Å². The molecule has 0 atom stereocenters. The molecule has 0 saturated heterocycles. The number of hydrogen-bond acceptors (Lipinski definition) is 1. The van der Waals surface area contributed by atoms with E-state index >= 15 is 0 Å². The molecule has 0 saturated carbocycles. The first-order valence-corrected chi connectivity index (χ1v) is 9.08. The van der Waals surface area contributed by atoms with Crippen molar-refractivity contribution >= 4 is 5.91 Å². The molecule has 2 heteroatoms. The lowest BCUT2D eigenvalue weighted by atomic mass is 10.1. The molecule has 0 fully saturated rings. The third-order valence-electron chi connectivity index (χ3n) is 3.86. The molecule has 0 aromatic heterocycles. The topological polar surface area (TPSA) is 29.1 Å². The minimum atomic E-state index is 0.256. The molecule has 0 spiro atoms. The van der Waals surface area contributed by atoms with E-state index < -0.39 is 0 Å². The molecule has 0 aromatic rings. The molecular formula is C18H37NO. The van der Waals surface area contributed by atoms with Crippen LogP contribution in [0, 0.1) is 0 Å². The second kappa shape index (κ2) is 16.5. The van der Waals surface area contributed by atoms with E-state index in [-0.39, 0.29) is 5.91 Å². The van der Waals surface area contributed by atoms with Gasteiger partial charge in [-0.05, 0) is 12.8 Å². The number of nitrogens with one attached hydrogen (secondary N) is 1. The van der Waals surface area contributed by atoms with Crippen molar-refractivity contribution < 1.29 is 4.79 Å². The maximum absolute atomic E-state index is 11.6. The molecule has 20 heavy (non-hydrogen) atoms. The van der Waals surface area contributed by atoms with Crippen LogP contribution in [0.15, 0.2) is 0 Å². The lowest BCUT2D eigenvalue weighted by Gasteiger charge is -2.05. The normalized spacial score (nSPS) is 10.7. The van der Waals surface area contributed by atoms with Gasteiger partial charge < -0.3 is 5.32 Å². The minimum Gasteiger partial charge on any atom is -0.356 e. The summed E-state index contributed by atoms with van der Waals surface area (Å²) in [5.74, 6) is 0.256. The highest BCUT2D eigenvalue weighted by Crippen LogP contribution is 2.07. The van der Waals surface area contributed by atoms with Crippen LogP contribution in [0.1, 0.15) is 104 Å². The fourth-order valence-corrected chi connectivity index (χ4v) is 2.46. The second-order valence-electron chi connectivity index (χ2n) is 5.99. The van der Waals surface area contributed by atoms with E-state index in [1.807, 2.05) is 0 Å². The maximum Gasteiger partial charge on any atom is 0.219 e. The number of rotatable bonds is 15. The fourth-order valence-electron chi connectivity index (χ4n) is 2.46. The summed E-state index contributed by atoms with van der Waals surface area (Å²) >= 11 is 0. The summed E-state index contributed by atoms with van der Waals surface area (Å²) in [6.07, 6.45) is 17.4. The van der Waals surface area contributed by atoms with Crippen LogP contribution in [0.3, 0.4) is 0 Å². The molecule has 0 heterocycles. The predicted molar refractivity (Wildman–Crippen MR) is 89.0 cm³/mol. The van der Waals surface area contributed by atoms with Crippen molar-refractivity contribution in [1.82, 2.24) is 5.32 Å². The van der Waals surface area contributed by atoms with Crippen molar-refractivity contribution in [3.63, 3.8) is 0 Å². The van der Waals surface area contributed by atoms with E-state index in [2.05, 4.69) is 19.2 Å². The summed E-state index contributed by atoms with van der Waals surface area (Å²) < 4.78 is 0. The van der Waals surface area contributed by atoms with Crippen LogP contribution in [-0.4, -0.2) is 12.5 Å². The van der Waals surface area contributed by atoms with Crippen molar-refractivity contribution in [1.29, 1.82) is 0 Å². The van der Waals surface area contributed by atoms with E-state index in [4.69, 9.17) is 0 Å². The quantitative estimate of drug-likeness (QED) is 0.389. The van der Waals surface area contributed by atoms with Crippen molar-refractivity contribution in [2.45, 2.75) is 104 Å². The summed E-state index contributed by atoms with van der Waals surface area (Å²) in [5, 5.41) is 3.05. The zero-order valence-electron chi connectivity index (χ0n) is 14.0. The van der Waals surface area contributed by atoms with E-state index in [0.29, 0.717) is 0 Å².